The fourth-order valence-electron chi connectivity index (χ4n) is 3.52. The molecule has 0 bridgehead atoms. The summed E-state index contributed by atoms with van der Waals surface area (Å²) in [5.41, 5.74) is 3.55. The van der Waals surface area contributed by atoms with Gasteiger partial charge in [-0.2, -0.15) is 0 Å². The topological polar surface area (TPSA) is 44.7 Å². The zero-order valence-electron chi connectivity index (χ0n) is 17.6. The van der Waals surface area contributed by atoms with Crippen LogP contribution in [-0.4, -0.2) is 29.7 Å². The predicted molar refractivity (Wildman–Crippen MR) is 129 cm³/mol. The molecule has 0 spiro atoms. The predicted octanol–water partition coefficient (Wildman–Crippen LogP) is 6.15. The second-order valence-corrected chi connectivity index (χ2v) is 8.72. The largest absolute Gasteiger partial charge is 0.357 e. The van der Waals surface area contributed by atoms with Crippen LogP contribution in [0.1, 0.15) is 35.3 Å². The molecule has 1 amide bonds. The molecule has 0 unspecified atom stereocenters. The van der Waals surface area contributed by atoms with Gasteiger partial charge in [0, 0.05) is 45.6 Å². The number of carbonyl (C=O) groups is 1. The highest BCUT2D eigenvalue weighted by Crippen LogP contribution is 2.41. The van der Waals surface area contributed by atoms with Gasteiger partial charge in [0.15, 0.2) is 0 Å². The van der Waals surface area contributed by atoms with Crippen LogP contribution in [0.3, 0.4) is 0 Å². The number of nitrogens with zero attached hydrogens (tertiary/aromatic N) is 2. The van der Waals surface area contributed by atoms with Crippen LogP contribution in [-0.2, 0) is 6.54 Å². The summed E-state index contributed by atoms with van der Waals surface area (Å²) in [5.74, 6) is 0.828. The molecule has 1 aliphatic heterocycles. The Morgan fingerprint density at radius 3 is 2.48 bits per heavy atom. The third-order valence-corrected chi connectivity index (χ3v) is 6.62. The first-order valence-electron chi connectivity index (χ1n) is 10.4. The first-order valence-corrected chi connectivity index (χ1v) is 11.6. The molecule has 4 nitrogen and oxygen atoms in total. The summed E-state index contributed by atoms with van der Waals surface area (Å²) in [6, 6.07) is 21.5. The molecule has 1 heterocycles. The molecular weight excluding hydrogens is 426 g/mol. The van der Waals surface area contributed by atoms with E-state index in [1.807, 2.05) is 48.5 Å². The van der Waals surface area contributed by atoms with Crippen LogP contribution in [0.4, 0.5) is 5.69 Å². The molecule has 0 saturated carbocycles. The van der Waals surface area contributed by atoms with E-state index in [1.54, 1.807) is 11.8 Å². The highest BCUT2D eigenvalue weighted by atomic mass is 35.5. The van der Waals surface area contributed by atoms with Crippen LogP contribution >= 0.6 is 23.4 Å². The van der Waals surface area contributed by atoms with Crippen LogP contribution in [0.25, 0.3) is 0 Å². The Labute approximate surface area is 192 Å². The van der Waals surface area contributed by atoms with E-state index in [-0.39, 0.29) is 5.91 Å². The lowest BCUT2D eigenvalue weighted by molar-refractivity contribution is 0.0951. The maximum absolute atomic E-state index is 12.8. The number of fused-ring (bicyclic) bond motifs is 2. The molecule has 4 rings (SSSR count). The van der Waals surface area contributed by atoms with Crippen LogP contribution in [0.5, 0.6) is 0 Å². The normalized spacial score (nSPS) is 12.3. The van der Waals surface area contributed by atoms with Crippen molar-refractivity contribution in [1.82, 2.24) is 10.2 Å². The number of amidine groups is 1. The van der Waals surface area contributed by atoms with Gasteiger partial charge in [0.1, 0.15) is 5.84 Å². The fourth-order valence-corrected chi connectivity index (χ4v) is 4.64. The van der Waals surface area contributed by atoms with Crippen molar-refractivity contribution in [1.29, 1.82) is 0 Å². The Hall–Kier alpha value is -2.76. The maximum Gasteiger partial charge on any atom is 0.251 e. The number of hydrogen-bond donors (Lipinski definition) is 1. The number of halogens is 1. The van der Waals surface area contributed by atoms with E-state index >= 15 is 0 Å². The van der Waals surface area contributed by atoms with Gasteiger partial charge < -0.3 is 10.2 Å². The molecule has 0 atom stereocenters. The minimum atomic E-state index is -0.121. The smallest absolute Gasteiger partial charge is 0.251 e. The standard InChI is InChI=1S/C25H24ClN3OS/c1-3-29(4-2)24-20-7-5-6-8-22(20)31-23-14-11-18(15-21(23)28-24)25(30)27-16-17-9-12-19(26)13-10-17/h5-15H,3-4,16H2,1-2H3,(H,27,30). The van der Waals surface area contributed by atoms with Gasteiger partial charge in [-0.05, 0) is 55.8 Å². The summed E-state index contributed by atoms with van der Waals surface area (Å²) in [4.78, 5) is 22.3. The molecule has 0 aromatic heterocycles. The van der Waals surface area contributed by atoms with Crippen LogP contribution in [0.15, 0.2) is 81.5 Å². The fraction of sp³-hybridized carbons (Fsp3) is 0.200. The van der Waals surface area contributed by atoms with Crippen molar-refractivity contribution in [2.24, 2.45) is 4.99 Å². The van der Waals surface area contributed by atoms with E-state index in [0.717, 1.165) is 40.6 Å². The third-order valence-electron chi connectivity index (χ3n) is 5.22. The quantitative estimate of drug-likeness (QED) is 0.507. The number of carbonyl (C=O) groups excluding carboxylic acids is 1. The summed E-state index contributed by atoms with van der Waals surface area (Å²) in [6.45, 7) is 6.44. The van der Waals surface area contributed by atoms with Gasteiger partial charge in [-0.3, -0.25) is 4.79 Å². The summed E-state index contributed by atoms with van der Waals surface area (Å²) in [6.07, 6.45) is 0. The van der Waals surface area contributed by atoms with Gasteiger partial charge in [-0.25, -0.2) is 4.99 Å². The van der Waals surface area contributed by atoms with E-state index in [0.29, 0.717) is 17.1 Å². The second-order valence-electron chi connectivity index (χ2n) is 7.20. The molecule has 0 radical (unpaired) electrons. The van der Waals surface area contributed by atoms with Gasteiger partial charge in [-0.1, -0.05) is 53.7 Å². The lowest BCUT2D eigenvalue weighted by atomic mass is 10.1. The van der Waals surface area contributed by atoms with Crippen LogP contribution in [0, 0.1) is 0 Å². The average Bonchev–Trinajstić information content (AvgIpc) is 2.96. The number of aliphatic imine (C=N–C) groups is 1. The molecule has 0 aliphatic carbocycles. The second kappa shape index (κ2) is 9.58. The highest BCUT2D eigenvalue weighted by molar-refractivity contribution is 7.99. The van der Waals surface area contributed by atoms with Crippen molar-refractivity contribution in [2.45, 2.75) is 30.2 Å². The van der Waals surface area contributed by atoms with Crippen molar-refractivity contribution >= 4 is 40.8 Å². The summed E-state index contributed by atoms with van der Waals surface area (Å²) < 4.78 is 0. The Bertz CT molecular complexity index is 1120. The van der Waals surface area contributed by atoms with E-state index in [4.69, 9.17) is 16.6 Å². The molecular formula is C25H24ClN3OS. The van der Waals surface area contributed by atoms with Gasteiger partial charge >= 0.3 is 0 Å². The van der Waals surface area contributed by atoms with E-state index in [1.165, 1.54) is 4.90 Å². The molecule has 0 saturated heterocycles. The SMILES string of the molecule is CCN(CC)C1=Nc2cc(C(=O)NCc3ccc(Cl)cc3)ccc2Sc2ccccc21. The number of rotatable bonds is 5. The van der Waals surface area contributed by atoms with Crippen molar-refractivity contribution in [3.05, 3.63) is 88.4 Å². The minimum absolute atomic E-state index is 0.121. The minimum Gasteiger partial charge on any atom is -0.357 e. The number of benzene rings is 3. The summed E-state index contributed by atoms with van der Waals surface area (Å²) >= 11 is 7.63. The molecule has 6 heteroatoms. The molecule has 3 aromatic rings. The Morgan fingerprint density at radius 2 is 1.74 bits per heavy atom. The van der Waals surface area contributed by atoms with Crippen LogP contribution in [0.2, 0.25) is 5.02 Å². The van der Waals surface area contributed by atoms with Crippen molar-refractivity contribution in [2.75, 3.05) is 13.1 Å². The van der Waals surface area contributed by atoms with Gasteiger partial charge in [0.25, 0.3) is 5.91 Å². The van der Waals surface area contributed by atoms with Crippen molar-refractivity contribution in [3.8, 4) is 0 Å². The van der Waals surface area contributed by atoms with Gasteiger partial charge in [-0.15, -0.1) is 0 Å². The number of nitrogens with one attached hydrogen (secondary N) is 1. The summed E-state index contributed by atoms with van der Waals surface area (Å²) in [5, 5.41) is 3.66. The first-order chi connectivity index (χ1) is 15.1. The van der Waals surface area contributed by atoms with E-state index in [2.05, 4.69) is 42.3 Å². The monoisotopic (exact) mass is 449 g/mol. The molecule has 3 aromatic carbocycles. The average molecular weight is 450 g/mol. The molecule has 158 valence electrons. The number of amides is 1. The maximum atomic E-state index is 12.8. The Morgan fingerprint density at radius 1 is 1.00 bits per heavy atom. The zero-order valence-corrected chi connectivity index (χ0v) is 19.1. The Balaban J connectivity index is 1.64. The molecule has 0 fully saturated rings. The lowest BCUT2D eigenvalue weighted by Crippen LogP contribution is -2.31. The number of hydrogen-bond acceptors (Lipinski definition) is 4. The van der Waals surface area contributed by atoms with E-state index < -0.39 is 0 Å². The van der Waals surface area contributed by atoms with Gasteiger partial charge in [0.05, 0.1) is 5.69 Å². The summed E-state index contributed by atoms with van der Waals surface area (Å²) in [7, 11) is 0. The van der Waals surface area contributed by atoms with Crippen LogP contribution < -0.4 is 5.32 Å². The van der Waals surface area contributed by atoms with Crippen molar-refractivity contribution in [3.63, 3.8) is 0 Å². The molecule has 1 aliphatic rings. The Kier molecular flexibility index (Phi) is 6.64. The van der Waals surface area contributed by atoms with Gasteiger partial charge in [0.2, 0.25) is 0 Å². The van der Waals surface area contributed by atoms with Crippen molar-refractivity contribution < 1.29 is 4.79 Å². The molecule has 1 N–H and O–H groups in total. The van der Waals surface area contributed by atoms with E-state index in [9.17, 15) is 4.79 Å². The molecule has 31 heavy (non-hydrogen) atoms. The lowest BCUT2D eigenvalue weighted by Gasteiger charge is -2.23. The zero-order chi connectivity index (χ0) is 21.8. The highest BCUT2D eigenvalue weighted by Gasteiger charge is 2.21. The third kappa shape index (κ3) is 4.78. The first kappa shape index (κ1) is 21.5.